The zero-order chi connectivity index (χ0) is 18.3. The highest BCUT2D eigenvalue weighted by Gasteiger charge is 2.19. The van der Waals surface area contributed by atoms with Gasteiger partial charge < -0.3 is 9.73 Å². The van der Waals surface area contributed by atoms with Crippen LogP contribution in [0.5, 0.6) is 0 Å². The monoisotopic (exact) mass is 355 g/mol. The molecule has 3 aromatic heterocycles. The minimum absolute atomic E-state index is 0.519. The van der Waals surface area contributed by atoms with Crippen LogP contribution in [0.15, 0.2) is 10.5 Å². The van der Waals surface area contributed by atoms with E-state index in [0.29, 0.717) is 41.2 Å². The molecule has 0 aliphatic carbocycles. The summed E-state index contributed by atoms with van der Waals surface area (Å²) in [6.45, 7) is 12.9. The molecule has 0 atom stereocenters. The highest BCUT2D eigenvalue weighted by Crippen LogP contribution is 2.21. The largest absolute Gasteiger partial charge is 0.422 e. The van der Waals surface area contributed by atoms with E-state index in [0.717, 1.165) is 31.9 Å². The average molecular weight is 355 g/mol. The van der Waals surface area contributed by atoms with Crippen molar-refractivity contribution in [2.75, 3.05) is 18.4 Å². The van der Waals surface area contributed by atoms with Gasteiger partial charge in [-0.2, -0.15) is 10.1 Å². The summed E-state index contributed by atoms with van der Waals surface area (Å²) in [6.07, 6.45) is 0. The summed E-state index contributed by atoms with van der Waals surface area (Å²) in [6, 6.07) is 2.18. The van der Waals surface area contributed by atoms with E-state index in [1.807, 2.05) is 13.8 Å². The molecule has 1 N–H and O–H groups in total. The van der Waals surface area contributed by atoms with Crippen LogP contribution in [0.1, 0.15) is 37.0 Å². The standard InChI is InChI=1S/C18H25N7O/c1-11(2)9-24-5-6-25-15(10-24)7-14(23-25)8-19-17-16-18(21-12(3)20-17)26-13(4)22-16/h7,11H,5-6,8-10H2,1-4H3,(H,19,20,21). The van der Waals surface area contributed by atoms with Crippen LogP contribution in [0.25, 0.3) is 11.2 Å². The van der Waals surface area contributed by atoms with Crippen molar-refractivity contribution >= 4 is 17.0 Å². The van der Waals surface area contributed by atoms with Gasteiger partial charge in [0.2, 0.25) is 0 Å². The highest BCUT2D eigenvalue weighted by molar-refractivity contribution is 5.81. The van der Waals surface area contributed by atoms with Crippen molar-refractivity contribution in [3.05, 3.63) is 29.2 Å². The molecule has 0 aromatic carbocycles. The Balaban J connectivity index is 1.49. The Hall–Kier alpha value is -2.48. The SMILES string of the molecule is Cc1nc(NCc2cc3n(n2)CCN(CC(C)C)C3)c2nc(C)oc2n1. The second-order valence-electron chi connectivity index (χ2n) is 7.34. The summed E-state index contributed by atoms with van der Waals surface area (Å²) in [5.74, 6) is 2.62. The van der Waals surface area contributed by atoms with Crippen LogP contribution >= 0.6 is 0 Å². The maximum atomic E-state index is 5.52. The van der Waals surface area contributed by atoms with Gasteiger partial charge in [-0.25, -0.2) is 9.97 Å². The van der Waals surface area contributed by atoms with Crippen LogP contribution in [0, 0.1) is 19.8 Å². The minimum Gasteiger partial charge on any atom is -0.422 e. The van der Waals surface area contributed by atoms with Gasteiger partial charge in [-0.3, -0.25) is 9.58 Å². The smallest absolute Gasteiger partial charge is 0.252 e. The number of aromatic nitrogens is 5. The normalized spacial score (nSPS) is 15.0. The lowest BCUT2D eigenvalue weighted by Crippen LogP contribution is -2.36. The molecule has 1 aliphatic rings. The fraction of sp³-hybridized carbons (Fsp3) is 0.556. The number of aryl methyl sites for hydroxylation is 2. The number of oxazole rings is 1. The molecule has 8 nitrogen and oxygen atoms in total. The van der Waals surface area contributed by atoms with Gasteiger partial charge in [-0.1, -0.05) is 13.8 Å². The number of hydrogen-bond acceptors (Lipinski definition) is 7. The fourth-order valence-corrected chi connectivity index (χ4v) is 3.47. The number of hydrogen-bond donors (Lipinski definition) is 1. The Labute approximate surface area is 152 Å². The van der Waals surface area contributed by atoms with Crippen LogP contribution in [0.4, 0.5) is 5.82 Å². The zero-order valence-corrected chi connectivity index (χ0v) is 15.8. The third kappa shape index (κ3) is 3.41. The van der Waals surface area contributed by atoms with Crippen LogP contribution in [-0.2, 0) is 19.6 Å². The maximum absolute atomic E-state index is 5.52. The number of rotatable bonds is 5. The Bertz CT molecular complexity index is 927. The van der Waals surface area contributed by atoms with Gasteiger partial charge in [-0.15, -0.1) is 0 Å². The lowest BCUT2D eigenvalue weighted by molar-refractivity contribution is 0.192. The van der Waals surface area contributed by atoms with Crippen molar-refractivity contribution in [3.8, 4) is 0 Å². The quantitative estimate of drug-likeness (QED) is 0.752. The van der Waals surface area contributed by atoms with Gasteiger partial charge in [0.15, 0.2) is 17.2 Å². The first kappa shape index (κ1) is 17.0. The molecular formula is C18H25N7O. The molecule has 26 heavy (non-hydrogen) atoms. The number of nitrogens with one attached hydrogen (secondary N) is 1. The van der Waals surface area contributed by atoms with Crippen LogP contribution < -0.4 is 5.32 Å². The molecule has 0 radical (unpaired) electrons. The van der Waals surface area contributed by atoms with Crippen LogP contribution in [0.3, 0.4) is 0 Å². The topological polar surface area (TPSA) is 84.9 Å². The van der Waals surface area contributed by atoms with Gasteiger partial charge in [-0.05, 0) is 18.9 Å². The molecule has 0 saturated carbocycles. The van der Waals surface area contributed by atoms with Crippen molar-refractivity contribution in [1.82, 2.24) is 29.6 Å². The molecule has 0 fully saturated rings. The van der Waals surface area contributed by atoms with E-state index in [1.54, 1.807) is 0 Å². The maximum Gasteiger partial charge on any atom is 0.252 e. The predicted octanol–water partition coefficient (Wildman–Crippen LogP) is 2.51. The van der Waals surface area contributed by atoms with Gasteiger partial charge >= 0.3 is 0 Å². The van der Waals surface area contributed by atoms with Gasteiger partial charge in [0, 0.05) is 26.6 Å². The van der Waals surface area contributed by atoms with Crippen molar-refractivity contribution in [3.63, 3.8) is 0 Å². The Morgan fingerprint density at radius 3 is 2.85 bits per heavy atom. The Morgan fingerprint density at radius 2 is 2.04 bits per heavy atom. The zero-order valence-electron chi connectivity index (χ0n) is 15.8. The van der Waals surface area contributed by atoms with E-state index in [4.69, 9.17) is 9.52 Å². The van der Waals surface area contributed by atoms with Gasteiger partial charge in [0.1, 0.15) is 5.82 Å². The first-order valence-corrected chi connectivity index (χ1v) is 9.11. The molecular weight excluding hydrogens is 330 g/mol. The third-order valence-electron chi connectivity index (χ3n) is 4.47. The van der Waals surface area contributed by atoms with E-state index < -0.39 is 0 Å². The van der Waals surface area contributed by atoms with Gasteiger partial charge in [0.05, 0.1) is 24.5 Å². The Kier molecular flexibility index (Phi) is 4.36. The average Bonchev–Trinajstić information content (AvgIpc) is 3.13. The van der Waals surface area contributed by atoms with E-state index in [2.05, 4.69) is 49.8 Å². The molecule has 0 saturated heterocycles. The molecule has 138 valence electrons. The fourth-order valence-electron chi connectivity index (χ4n) is 3.47. The summed E-state index contributed by atoms with van der Waals surface area (Å²) >= 11 is 0. The van der Waals surface area contributed by atoms with Crippen molar-refractivity contribution < 1.29 is 4.42 Å². The Morgan fingerprint density at radius 1 is 1.19 bits per heavy atom. The predicted molar refractivity (Wildman–Crippen MR) is 98.7 cm³/mol. The van der Waals surface area contributed by atoms with E-state index in [1.165, 1.54) is 5.69 Å². The van der Waals surface area contributed by atoms with E-state index in [-0.39, 0.29) is 0 Å². The lowest BCUT2D eigenvalue weighted by atomic mass is 10.2. The van der Waals surface area contributed by atoms with Crippen molar-refractivity contribution in [1.29, 1.82) is 0 Å². The molecule has 4 rings (SSSR count). The van der Waals surface area contributed by atoms with Crippen molar-refractivity contribution in [2.24, 2.45) is 5.92 Å². The molecule has 8 heteroatoms. The first-order valence-electron chi connectivity index (χ1n) is 9.11. The number of anilines is 1. The molecule has 0 amide bonds. The number of nitrogens with zero attached hydrogens (tertiary/aromatic N) is 6. The molecule has 4 heterocycles. The summed E-state index contributed by atoms with van der Waals surface area (Å²) in [4.78, 5) is 15.6. The summed E-state index contributed by atoms with van der Waals surface area (Å²) < 4.78 is 7.64. The second kappa shape index (κ2) is 6.68. The number of fused-ring (bicyclic) bond motifs is 2. The highest BCUT2D eigenvalue weighted by atomic mass is 16.4. The van der Waals surface area contributed by atoms with Crippen molar-refractivity contribution in [2.45, 2.75) is 47.3 Å². The summed E-state index contributed by atoms with van der Waals surface area (Å²) in [7, 11) is 0. The van der Waals surface area contributed by atoms with Crippen LogP contribution in [0.2, 0.25) is 0 Å². The molecule has 0 unspecified atom stereocenters. The molecule has 1 aliphatic heterocycles. The van der Waals surface area contributed by atoms with Crippen LogP contribution in [-0.4, -0.2) is 42.7 Å². The van der Waals surface area contributed by atoms with E-state index >= 15 is 0 Å². The molecule has 0 bridgehead atoms. The third-order valence-corrected chi connectivity index (χ3v) is 4.47. The molecule has 0 spiro atoms. The second-order valence-corrected chi connectivity index (χ2v) is 7.34. The van der Waals surface area contributed by atoms with E-state index in [9.17, 15) is 0 Å². The summed E-state index contributed by atoms with van der Waals surface area (Å²) in [5, 5.41) is 8.08. The minimum atomic E-state index is 0.519. The lowest BCUT2D eigenvalue weighted by Gasteiger charge is -2.28. The summed E-state index contributed by atoms with van der Waals surface area (Å²) in [5.41, 5.74) is 3.47. The molecule has 3 aromatic rings. The van der Waals surface area contributed by atoms with Gasteiger partial charge in [0.25, 0.3) is 5.71 Å². The first-order chi connectivity index (χ1) is 12.5.